The van der Waals surface area contributed by atoms with E-state index in [1.54, 1.807) is 6.21 Å². The molecule has 0 atom stereocenters. The van der Waals surface area contributed by atoms with Gasteiger partial charge in [-0.25, -0.2) is 4.79 Å². The summed E-state index contributed by atoms with van der Waals surface area (Å²) in [5.74, 6) is 5.16. The van der Waals surface area contributed by atoms with Crippen molar-refractivity contribution in [1.82, 2.24) is 0 Å². The number of nitrogens with one attached hydrogen (secondary N) is 2. The number of para-hydroxylation sites is 1. The Hall–Kier alpha value is -3.34. The Morgan fingerprint density at radius 1 is 0.870 bits per heavy atom. The first-order valence-electron chi connectivity index (χ1n) is 7.15. The fourth-order valence-electron chi connectivity index (χ4n) is 2.32. The zero-order chi connectivity index (χ0) is 16.1. The molecule has 3 aromatic carbocycles. The Morgan fingerprint density at radius 3 is 2.35 bits per heavy atom. The highest BCUT2D eigenvalue weighted by molar-refractivity contribution is 6.01. The van der Waals surface area contributed by atoms with E-state index in [-0.39, 0.29) is 6.03 Å². The zero-order valence-electron chi connectivity index (χ0n) is 12.4. The molecular weight excluding hydrogens is 288 g/mol. The molecule has 0 saturated carbocycles. The fraction of sp³-hybridized carbons (Fsp3) is 0. The minimum absolute atomic E-state index is 0.276. The molecule has 0 aliphatic carbocycles. The number of hydrogen-bond acceptors (Lipinski definition) is 3. The molecule has 0 heterocycles. The molecule has 0 radical (unpaired) electrons. The van der Waals surface area contributed by atoms with Crippen molar-refractivity contribution >= 4 is 34.4 Å². The first-order valence-corrected chi connectivity index (χ1v) is 7.15. The molecule has 5 heteroatoms. The molecule has 3 aromatic rings. The smallest absolute Gasteiger partial charge is 0.323 e. The van der Waals surface area contributed by atoms with Gasteiger partial charge in [-0.3, -0.25) is 0 Å². The number of nitrogens with two attached hydrogens (primary N) is 1. The highest BCUT2D eigenvalue weighted by atomic mass is 16.2. The summed E-state index contributed by atoms with van der Waals surface area (Å²) in [4.78, 5) is 12.0. The number of hydrazone groups is 1. The van der Waals surface area contributed by atoms with Crippen LogP contribution in [0.25, 0.3) is 10.8 Å². The van der Waals surface area contributed by atoms with Crippen LogP contribution in [0.3, 0.4) is 0 Å². The zero-order valence-corrected chi connectivity index (χ0v) is 12.4. The summed E-state index contributed by atoms with van der Waals surface area (Å²) < 4.78 is 0. The van der Waals surface area contributed by atoms with Crippen molar-refractivity contribution in [3.05, 3.63) is 72.3 Å². The lowest BCUT2D eigenvalue weighted by Gasteiger charge is -2.08. The maximum atomic E-state index is 12.0. The van der Waals surface area contributed by atoms with Crippen LogP contribution in [0.5, 0.6) is 0 Å². The molecule has 114 valence electrons. The third-order valence-corrected chi connectivity index (χ3v) is 3.38. The summed E-state index contributed by atoms with van der Waals surface area (Å²) in [6.45, 7) is 0. The third-order valence-electron chi connectivity index (χ3n) is 3.38. The number of fused-ring (bicyclic) bond motifs is 1. The summed E-state index contributed by atoms with van der Waals surface area (Å²) in [5.41, 5.74) is 2.41. The van der Waals surface area contributed by atoms with E-state index in [0.717, 1.165) is 27.7 Å². The van der Waals surface area contributed by atoms with Crippen molar-refractivity contribution in [1.29, 1.82) is 0 Å². The van der Waals surface area contributed by atoms with Gasteiger partial charge in [0.25, 0.3) is 0 Å². The minimum atomic E-state index is -0.276. The number of amides is 2. The molecule has 0 bridgehead atoms. The van der Waals surface area contributed by atoms with Crippen LogP contribution in [0.15, 0.2) is 71.8 Å². The predicted octanol–water partition coefficient (Wildman–Crippen LogP) is 3.78. The van der Waals surface area contributed by atoms with E-state index in [2.05, 4.69) is 15.7 Å². The summed E-state index contributed by atoms with van der Waals surface area (Å²) in [5, 5.41) is 11.2. The van der Waals surface area contributed by atoms with E-state index < -0.39 is 0 Å². The number of carbonyl (C=O) groups is 1. The number of benzene rings is 3. The maximum absolute atomic E-state index is 12.0. The average molecular weight is 304 g/mol. The molecular formula is C18H16N4O. The first-order chi connectivity index (χ1) is 11.2. The first kappa shape index (κ1) is 14.6. The molecule has 0 fully saturated rings. The predicted molar refractivity (Wildman–Crippen MR) is 94.8 cm³/mol. The Balaban J connectivity index is 1.75. The third kappa shape index (κ3) is 3.65. The van der Waals surface area contributed by atoms with E-state index in [1.165, 1.54) is 0 Å². The van der Waals surface area contributed by atoms with Gasteiger partial charge in [0, 0.05) is 11.4 Å². The highest BCUT2D eigenvalue weighted by Crippen LogP contribution is 2.20. The van der Waals surface area contributed by atoms with Crippen molar-refractivity contribution in [3.8, 4) is 0 Å². The van der Waals surface area contributed by atoms with Crippen LogP contribution >= 0.6 is 0 Å². The summed E-state index contributed by atoms with van der Waals surface area (Å²) in [6.07, 6.45) is 1.60. The van der Waals surface area contributed by atoms with Crippen LogP contribution in [0.4, 0.5) is 16.2 Å². The quantitative estimate of drug-likeness (QED) is 0.391. The van der Waals surface area contributed by atoms with Gasteiger partial charge in [-0.15, -0.1) is 0 Å². The van der Waals surface area contributed by atoms with E-state index in [0.29, 0.717) is 0 Å². The second-order valence-corrected chi connectivity index (χ2v) is 5.04. The van der Waals surface area contributed by atoms with Gasteiger partial charge in [-0.1, -0.05) is 36.4 Å². The molecule has 0 spiro atoms. The molecule has 3 rings (SSSR count). The van der Waals surface area contributed by atoms with Gasteiger partial charge >= 0.3 is 6.03 Å². The molecule has 2 amide bonds. The van der Waals surface area contributed by atoms with Gasteiger partial charge in [0.1, 0.15) is 0 Å². The van der Waals surface area contributed by atoms with Crippen LogP contribution in [0, 0.1) is 0 Å². The van der Waals surface area contributed by atoms with Crippen molar-refractivity contribution < 1.29 is 4.79 Å². The van der Waals surface area contributed by atoms with Gasteiger partial charge in [-0.05, 0) is 46.7 Å². The van der Waals surface area contributed by atoms with Crippen molar-refractivity contribution in [2.75, 3.05) is 10.6 Å². The number of anilines is 2. The maximum Gasteiger partial charge on any atom is 0.323 e. The van der Waals surface area contributed by atoms with Gasteiger partial charge in [0.15, 0.2) is 0 Å². The molecule has 0 saturated heterocycles. The Labute approximate surface area is 133 Å². The molecule has 4 N–H and O–H groups in total. The van der Waals surface area contributed by atoms with Gasteiger partial charge in [0.2, 0.25) is 0 Å². The van der Waals surface area contributed by atoms with E-state index in [4.69, 9.17) is 5.84 Å². The van der Waals surface area contributed by atoms with Gasteiger partial charge in [0.05, 0.1) is 6.21 Å². The van der Waals surface area contributed by atoms with Gasteiger partial charge < -0.3 is 16.5 Å². The van der Waals surface area contributed by atoms with E-state index in [1.807, 2.05) is 66.7 Å². The van der Waals surface area contributed by atoms with Crippen LogP contribution in [0.2, 0.25) is 0 Å². The Morgan fingerprint density at radius 2 is 1.57 bits per heavy atom. The molecule has 23 heavy (non-hydrogen) atoms. The number of urea groups is 1. The second-order valence-electron chi connectivity index (χ2n) is 5.04. The molecule has 0 unspecified atom stereocenters. The highest BCUT2D eigenvalue weighted by Gasteiger charge is 2.03. The monoisotopic (exact) mass is 304 g/mol. The van der Waals surface area contributed by atoms with Crippen LogP contribution in [-0.2, 0) is 0 Å². The molecule has 0 aliphatic heterocycles. The number of carbonyl (C=O) groups excluding carboxylic acids is 1. The lowest BCUT2D eigenvalue weighted by atomic mass is 10.1. The standard InChI is InChI=1S/C18H16N4O/c19-20-12-13-6-7-15-11-17(9-8-14(15)10-13)22-18(23)21-16-4-2-1-3-5-16/h1-12H,19H2,(H2,21,22,23). The molecule has 5 nitrogen and oxygen atoms in total. The van der Waals surface area contributed by atoms with Crippen LogP contribution < -0.4 is 16.5 Å². The largest absolute Gasteiger partial charge is 0.323 e. The van der Waals surface area contributed by atoms with E-state index in [9.17, 15) is 4.79 Å². The van der Waals surface area contributed by atoms with Crippen molar-refractivity contribution in [2.45, 2.75) is 0 Å². The van der Waals surface area contributed by atoms with Crippen molar-refractivity contribution in [2.24, 2.45) is 10.9 Å². The van der Waals surface area contributed by atoms with Crippen LogP contribution in [0.1, 0.15) is 5.56 Å². The Bertz CT molecular complexity index is 859. The van der Waals surface area contributed by atoms with E-state index >= 15 is 0 Å². The Kier molecular flexibility index (Phi) is 4.20. The summed E-state index contributed by atoms with van der Waals surface area (Å²) in [7, 11) is 0. The fourth-order valence-corrected chi connectivity index (χ4v) is 2.32. The topological polar surface area (TPSA) is 79.5 Å². The SMILES string of the molecule is NN=Cc1ccc2cc(NC(=O)Nc3ccccc3)ccc2c1. The number of rotatable bonds is 3. The summed E-state index contributed by atoms with van der Waals surface area (Å²) in [6, 6.07) is 20.6. The molecule has 0 aromatic heterocycles. The van der Waals surface area contributed by atoms with Crippen molar-refractivity contribution in [3.63, 3.8) is 0 Å². The number of nitrogens with zero attached hydrogens (tertiary/aromatic N) is 1. The normalized spacial score (nSPS) is 10.8. The summed E-state index contributed by atoms with van der Waals surface area (Å²) >= 11 is 0. The number of hydrogen-bond donors (Lipinski definition) is 3. The van der Waals surface area contributed by atoms with Gasteiger partial charge in [-0.2, -0.15) is 5.10 Å². The lowest BCUT2D eigenvalue weighted by Crippen LogP contribution is -2.19. The minimum Gasteiger partial charge on any atom is -0.323 e. The van der Waals surface area contributed by atoms with Crippen LogP contribution in [-0.4, -0.2) is 12.2 Å². The average Bonchev–Trinajstić information content (AvgIpc) is 2.56. The second kappa shape index (κ2) is 6.62. The molecule has 0 aliphatic rings. The lowest BCUT2D eigenvalue weighted by molar-refractivity contribution is 0.262.